The van der Waals surface area contributed by atoms with Gasteiger partial charge in [-0.1, -0.05) is 6.92 Å². The van der Waals surface area contributed by atoms with Crippen molar-refractivity contribution in [2.75, 3.05) is 0 Å². The van der Waals surface area contributed by atoms with Gasteiger partial charge in [0.2, 0.25) is 0 Å². The van der Waals surface area contributed by atoms with Gasteiger partial charge in [-0.05, 0) is 30.7 Å². The van der Waals surface area contributed by atoms with Crippen LogP contribution in [-0.4, -0.2) is 8.42 Å². The molecule has 0 fully saturated rings. The van der Waals surface area contributed by atoms with Crippen molar-refractivity contribution < 1.29 is 8.42 Å². The lowest BCUT2D eigenvalue weighted by atomic mass is 9.90. The molecule has 0 saturated heterocycles. The molecule has 1 aliphatic rings. The van der Waals surface area contributed by atoms with Gasteiger partial charge in [0.15, 0.2) is 0 Å². The zero-order chi connectivity index (χ0) is 10.3. The van der Waals surface area contributed by atoms with Crippen LogP contribution < -0.4 is 0 Å². The summed E-state index contributed by atoms with van der Waals surface area (Å²) < 4.78 is 22.5. The molecule has 1 aromatic rings. The number of aryl methyl sites for hydroxylation is 1. The minimum Gasteiger partial charge on any atom is -0.207 e. The molecule has 2 rings (SSSR count). The van der Waals surface area contributed by atoms with E-state index in [1.807, 2.05) is 0 Å². The van der Waals surface area contributed by atoms with Gasteiger partial charge in [0, 0.05) is 20.9 Å². The van der Waals surface area contributed by atoms with E-state index in [4.69, 9.17) is 10.7 Å². The molecule has 0 bridgehead atoms. The molecule has 2 nitrogen and oxygen atoms in total. The first-order valence-corrected chi connectivity index (χ1v) is 7.71. The van der Waals surface area contributed by atoms with Gasteiger partial charge in [0.1, 0.15) is 0 Å². The lowest BCUT2D eigenvalue weighted by Gasteiger charge is -2.18. The predicted molar refractivity (Wildman–Crippen MR) is 58.5 cm³/mol. The molecular formula is C9H11ClO2S2. The highest BCUT2D eigenvalue weighted by atomic mass is 35.7. The Balaban J connectivity index is 2.51. The van der Waals surface area contributed by atoms with E-state index in [0.29, 0.717) is 10.8 Å². The smallest absolute Gasteiger partial charge is 0.207 e. The van der Waals surface area contributed by atoms with Crippen LogP contribution in [0.3, 0.4) is 0 Å². The highest BCUT2D eigenvalue weighted by molar-refractivity contribution is 8.13. The number of fused-ring (bicyclic) bond motifs is 1. The number of halogens is 1. The van der Waals surface area contributed by atoms with Crippen LogP contribution in [0.15, 0.2) is 10.3 Å². The van der Waals surface area contributed by atoms with Crippen molar-refractivity contribution in [2.24, 2.45) is 5.92 Å². The van der Waals surface area contributed by atoms with Gasteiger partial charge in [-0.3, -0.25) is 0 Å². The first-order chi connectivity index (χ1) is 6.48. The molecule has 0 spiro atoms. The van der Waals surface area contributed by atoms with Crippen molar-refractivity contribution in [1.29, 1.82) is 0 Å². The molecule has 0 aromatic carbocycles. The Morgan fingerprint density at radius 2 is 2.29 bits per heavy atom. The van der Waals surface area contributed by atoms with E-state index in [0.717, 1.165) is 24.8 Å². The van der Waals surface area contributed by atoms with Crippen LogP contribution in [0.5, 0.6) is 0 Å². The summed E-state index contributed by atoms with van der Waals surface area (Å²) in [5, 5.41) is 1.67. The van der Waals surface area contributed by atoms with Crippen LogP contribution in [0, 0.1) is 5.92 Å². The van der Waals surface area contributed by atoms with E-state index in [-0.39, 0.29) is 0 Å². The molecule has 1 aliphatic carbocycles. The maximum atomic E-state index is 11.2. The Kier molecular flexibility index (Phi) is 2.62. The standard InChI is InChI=1S/C9H11ClO2S2/c1-6-2-3-8-7(4-6)9(5-13-8)14(10,11)12/h5-6H,2-4H2,1H3. The minimum absolute atomic E-state index is 0.339. The van der Waals surface area contributed by atoms with Crippen molar-refractivity contribution in [1.82, 2.24) is 0 Å². The fourth-order valence-corrected chi connectivity index (χ4v) is 4.60. The van der Waals surface area contributed by atoms with E-state index in [9.17, 15) is 8.42 Å². The first kappa shape index (κ1) is 10.5. The second-order valence-electron chi connectivity index (χ2n) is 3.79. The second-order valence-corrected chi connectivity index (χ2v) is 7.29. The fraction of sp³-hybridized carbons (Fsp3) is 0.556. The normalized spacial score (nSPS) is 22.0. The second kappa shape index (κ2) is 3.51. The van der Waals surface area contributed by atoms with Crippen LogP contribution in [0.1, 0.15) is 23.8 Å². The van der Waals surface area contributed by atoms with Gasteiger partial charge < -0.3 is 0 Å². The summed E-state index contributed by atoms with van der Waals surface area (Å²) in [6.45, 7) is 2.14. The Labute approximate surface area is 92.3 Å². The highest BCUT2D eigenvalue weighted by Gasteiger charge is 2.25. The summed E-state index contributed by atoms with van der Waals surface area (Å²) >= 11 is 1.52. The van der Waals surface area contributed by atoms with Crippen molar-refractivity contribution in [2.45, 2.75) is 31.1 Å². The van der Waals surface area contributed by atoms with E-state index in [1.54, 1.807) is 5.38 Å². The Morgan fingerprint density at radius 1 is 1.57 bits per heavy atom. The molecule has 0 amide bonds. The van der Waals surface area contributed by atoms with Crippen molar-refractivity contribution in [3.05, 3.63) is 15.8 Å². The van der Waals surface area contributed by atoms with Gasteiger partial charge in [-0.15, -0.1) is 11.3 Å². The number of hydrogen-bond donors (Lipinski definition) is 0. The third-order valence-electron chi connectivity index (χ3n) is 2.62. The molecule has 78 valence electrons. The monoisotopic (exact) mass is 250 g/mol. The zero-order valence-corrected chi connectivity index (χ0v) is 10.2. The molecule has 1 heterocycles. The number of rotatable bonds is 1. The van der Waals surface area contributed by atoms with E-state index in [2.05, 4.69) is 6.92 Å². The molecule has 0 radical (unpaired) electrons. The van der Waals surface area contributed by atoms with Gasteiger partial charge >= 0.3 is 0 Å². The number of hydrogen-bond acceptors (Lipinski definition) is 3. The van der Waals surface area contributed by atoms with E-state index in [1.165, 1.54) is 16.2 Å². The summed E-state index contributed by atoms with van der Waals surface area (Å²) in [5.41, 5.74) is 0.962. The molecule has 1 unspecified atom stereocenters. The summed E-state index contributed by atoms with van der Waals surface area (Å²) in [5.74, 6) is 0.564. The van der Waals surface area contributed by atoms with Gasteiger partial charge in [-0.2, -0.15) is 0 Å². The summed E-state index contributed by atoms with van der Waals surface area (Å²) in [7, 11) is 1.82. The predicted octanol–water partition coefficient (Wildman–Crippen LogP) is 2.80. The molecule has 1 atom stereocenters. The molecule has 5 heteroatoms. The average Bonchev–Trinajstić information content (AvgIpc) is 2.45. The lowest BCUT2D eigenvalue weighted by Crippen LogP contribution is -2.10. The Morgan fingerprint density at radius 3 is 2.93 bits per heavy atom. The molecule has 0 saturated carbocycles. The maximum absolute atomic E-state index is 11.2. The van der Waals surface area contributed by atoms with Crippen molar-refractivity contribution in [3.63, 3.8) is 0 Å². The van der Waals surface area contributed by atoms with Crippen LogP contribution in [-0.2, 0) is 21.9 Å². The summed E-state index contributed by atoms with van der Waals surface area (Å²) in [6.07, 6.45) is 2.99. The van der Waals surface area contributed by atoms with E-state index < -0.39 is 9.05 Å². The average molecular weight is 251 g/mol. The van der Waals surface area contributed by atoms with Gasteiger partial charge in [-0.25, -0.2) is 8.42 Å². The molecule has 0 N–H and O–H groups in total. The molecule has 0 aliphatic heterocycles. The molecular weight excluding hydrogens is 240 g/mol. The fourth-order valence-electron chi connectivity index (χ4n) is 1.86. The van der Waals surface area contributed by atoms with Crippen molar-refractivity contribution >= 4 is 31.1 Å². The van der Waals surface area contributed by atoms with Crippen LogP contribution in [0.2, 0.25) is 0 Å². The lowest BCUT2D eigenvalue weighted by molar-refractivity contribution is 0.500. The topological polar surface area (TPSA) is 34.1 Å². The van der Waals surface area contributed by atoms with Crippen LogP contribution in [0.25, 0.3) is 0 Å². The minimum atomic E-state index is -3.54. The third kappa shape index (κ3) is 1.83. The maximum Gasteiger partial charge on any atom is 0.262 e. The van der Waals surface area contributed by atoms with Crippen molar-refractivity contribution in [3.8, 4) is 0 Å². The Bertz CT molecular complexity index is 447. The first-order valence-electron chi connectivity index (χ1n) is 4.52. The van der Waals surface area contributed by atoms with Gasteiger partial charge in [0.05, 0.1) is 4.90 Å². The highest BCUT2D eigenvalue weighted by Crippen LogP contribution is 2.36. The van der Waals surface area contributed by atoms with Gasteiger partial charge in [0.25, 0.3) is 9.05 Å². The van der Waals surface area contributed by atoms with E-state index >= 15 is 0 Å². The quantitative estimate of drug-likeness (QED) is 0.719. The summed E-state index contributed by atoms with van der Waals surface area (Å²) in [6, 6.07) is 0. The zero-order valence-electron chi connectivity index (χ0n) is 7.79. The number of thiophene rings is 1. The summed E-state index contributed by atoms with van der Waals surface area (Å²) in [4.78, 5) is 1.54. The van der Waals surface area contributed by atoms with Crippen LogP contribution in [0.4, 0.5) is 0 Å². The SMILES string of the molecule is CC1CCc2scc(S(=O)(=O)Cl)c2C1. The molecule has 1 aromatic heterocycles. The molecule has 14 heavy (non-hydrogen) atoms. The largest absolute Gasteiger partial charge is 0.262 e. The third-order valence-corrected chi connectivity index (χ3v) is 5.25. The van der Waals surface area contributed by atoms with Crippen LogP contribution >= 0.6 is 22.0 Å². The Hall–Kier alpha value is -0.0600.